The predicted octanol–water partition coefficient (Wildman–Crippen LogP) is 4.39. The topological polar surface area (TPSA) is 29.1 Å². The Morgan fingerprint density at radius 1 is 1.15 bits per heavy atom. The van der Waals surface area contributed by atoms with Gasteiger partial charge < -0.3 is 5.32 Å². The van der Waals surface area contributed by atoms with E-state index in [2.05, 4.69) is 17.4 Å². The lowest BCUT2D eigenvalue weighted by atomic mass is 10.1. The third-order valence-corrected chi connectivity index (χ3v) is 4.29. The first-order valence-corrected chi connectivity index (χ1v) is 7.15. The maximum Gasteiger partial charge on any atom is 0.228 e. The minimum atomic E-state index is 0.0794. The standard InChI is InChI=1S/C17H16ClNO/c1-11-15(18)8-5-9-16(11)19-17(20)14-10-13(14)12-6-3-2-4-7-12/h2-9,13-14H,10H2,1H3,(H,19,20)/t13-,14+/m0/s1. The monoisotopic (exact) mass is 285 g/mol. The highest BCUT2D eigenvalue weighted by atomic mass is 35.5. The molecule has 2 nitrogen and oxygen atoms in total. The van der Waals surface area contributed by atoms with Crippen molar-refractivity contribution in [1.29, 1.82) is 0 Å². The van der Waals surface area contributed by atoms with Gasteiger partial charge >= 0.3 is 0 Å². The normalized spacial score (nSPS) is 20.5. The number of rotatable bonds is 3. The van der Waals surface area contributed by atoms with E-state index >= 15 is 0 Å². The molecule has 0 spiro atoms. The molecule has 2 aromatic carbocycles. The van der Waals surface area contributed by atoms with Crippen LogP contribution in [0.1, 0.15) is 23.5 Å². The van der Waals surface area contributed by atoms with Crippen LogP contribution in [0, 0.1) is 12.8 Å². The van der Waals surface area contributed by atoms with Gasteiger partial charge in [0.05, 0.1) is 0 Å². The Bertz CT molecular complexity index is 639. The Kier molecular flexibility index (Phi) is 3.49. The molecular formula is C17H16ClNO. The molecule has 20 heavy (non-hydrogen) atoms. The van der Waals surface area contributed by atoms with Crippen LogP contribution >= 0.6 is 11.6 Å². The van der Waals surface area contributed by atoms with Crippen LogP contribution in [-0.4, -0.2) is 5.91 Å². The molecule has 0 bridgehead atoms. The zero-order chi connectivity index (χ0) is 14.1. The highest BCUT2D eigenvalue weighted by molar-refractivity contribution is 6.31. The van der Waals surface area contributed by atoms with Crippen molar-refractivity contribution in [3.8, 4) is 0 Å². The van der Waals surface area contributed by atoms with Crippen molar-refractivity contribution in [3.05, 3.63) is 64.7 Å². The van der Waals surface area contributed by atoms with Crippen molar-refractivity contribution in [2.75, 3.05) is 5.32 Å². The van der Waals surface area contributed by atoms with Crippen molar-refractivity contribution in [3.63, 3.8) is 0 Å². The van der Waals surface area contributed by atoms with Crippen LogP contribution in [0.15, 0.2) is 48.5 Å². The van der Waals surface area contributed by atoms with E-state index in [-0.39, 0.29) is 11.8 Å². The Balaban J connectivity index is 1.69. The highest BCUT2D eigenvalue weighted by Gasteiger charge is 2.43. The van der Waals surface area contributed by atoms with E-state index in [1.807, 2.05) is 43.3 Å². The third-order valence-electron chi connectivity index (χ3n) is 3.88. The Labute approximate surface area is 123 Å². The van der Waals surface area contributed by atoms with E-state index < -0.39 is 0 Å². The van der Waals surface area contributed by atoms with Gasteiger partial charge in [0.25, 0.3) is 0 Å². The summed E-state index contributed by atoms with van der Waals surface area (Å²) in [6, 6.07) is 15.8. The van der Waals surface area contributed by atoms with Gasteiger partial charge in [0, 0.05) is 16.6 Å². The van der Waals surface area contributed by atoms with Gasteiger partial charge in [0.1, 0.15) is 0 Å². The number of hydrogen-bond acceptors (Lipinski definition) is 1. The number of carbonyl (C=O) groups excluding carboxylic acids is 1. The molecule has 1 aliphatic carbocycles. The molecule has 0 saturated heterocycles. The van der Waals surface area contributed by atoms with Crippen molar-refractivity contribution in [2.24, 2.45) is 5.92 Å². The van der Waals surface area contributed by atoms with Gasteiger partial charge in [-0.3, -0.25) is 4.79 Å². The second-order valence-electron chi connectivity index (χ2n) is 5.26. The Hall–Kier alpha value is -1.80. The van der Waals surface area contributed by atoms with Crippen LogP contribution in [0.5, 0.6) is 0 Å². The number of anilines is 1. The summed E-state index contributed by atoms with van der Waals surface area (Å²) in [5.41, 5.74) is 2.97. The number of halogens is 1. The van der Waals surface area contributed by atoms with Gasteiger partial charge in [-0.1, -0.05) is 48.0 Å². The van der Waals surface area contributed by atoms with Gasteiger partial charge in [0.15, 0.2) is 0 Å². The molecular weight excluding hydrogens is 270 g/mol. The smallest absolute Gasteiger partial charge is 0.228 e. The van der Waals surface area contributed by atoms with Gasteiger partial charge in [-0.15, -0.1) is 0 Å². The van der Waals surface area contributed by atoms with Crippen LogP contribution in [0.25, 0.3) is 0 Å². The first-order valence-electron chi connectivity index (χ1n) is 6.77. The molecule has 0 aromatic heterocycles. The summed E-state index contributed by atoms with van der Waals surface area (Å²) >= 11 is 6.07. The molecule has 0 aliphatic heterocycles. The molecule has 0 unspecified atom stereocenters. The molecule has 0 radical (unpaired) electrons. The van der Waals surface area contributed by atoms with Crippen molar-refractivity contribution >= 4 is 23.2 Å². The van der Waals surface area contributed by atoms with E-state index in [4.69, 9.17) is 11.6 Å². The first kappa shape index (κ1) is 13.2. The number of hydrogen-bond donors (Lipinski definition) is 1. The largest absolute Gasteiger partial charge is 0.326 e. The van der Waals surface area contributed by atoms with E-state index in [0.29, 0.717) is 10.9 Å². The van der Waals surface area contributed by atoms with Crippen LogP contribution in [0.3, 0.4) is 0 Å². The van der Waals surface area contributed by atoms with Gasteiger partial charge in [-0.05, 0) is 42.5 Å². The lowest BCUT2D eigenvalue weighted by Crippen LogP contribution is -2.15. The molecule has 102 valence electrons. The van der Waals surface area contributed by atoms with E-state index in [1.54, 1.807) is 0 Å². The minimum absolute atomic E-state index is 0.0794. The highest BCUT2D eigenvalue weighted by Crippen LogP contribution is 2.48. The molecule has 1 fully saturated rings. The quantitative estimate of drug-likeness (QED) is 0.890. The Morgan fingerprint density at radius 3 is 2.65 bits per heavy atom. The maximum atomic E-state index is 12.3. The molecule has 3 rings (SSSR count). The molecule has 1 saturated carbocycles. The van der Waals surface area contributed by atoms with Crippen LogP contribution in [-0.2, 0) is 4.79 Å². The number of amides is 1. The fraction of sp³-hybridized carbons (Fsp3) is 0.235. The summed E-state index contributed by atoms with van der Waals surface area (Å²) in [5, 5.41) is 3.67. The molecule has 3 heteroatoms. The second kappa shape index (κ2) is 5.29. The van der Waals surface area contributed by atoms with E-state index in [0.717, 1.165) is 17.7 Å². The summed E-state index contributed by atoms with van der Waals surface area (Å²) in [7, 11) is 0. The molecule has 2 atom stereocenters. The number of nitrogens with one attached hydrogen (secondary N) is 1. The first-order chi connectivity index (χ1) is 9.66. The molecule has 2 aromatic rings. The van der Waals surface area contributed by atoms with Crippen molar-refractivity contribution in [2.45, 2.75) is 19.3 Å². The molecule has 1 amide bonds. The second-order valence-corrected chi connectivity index (χ2v) is 5.67. The Morgan fingerprint density at radius 2 is 1.90 bits per heavy atom. The summed E-state index contributed by atoms with van der Waals surface area (Å²) < 4.78 is 0. The predicted molar refractivity (Wildman–Crippen MR) is 82.1 cm³/mol. The zero-order valence-corrected chi connectivity index (χ0v) is 12.0. The van der Waals surface area contributed by atoms with Crippen molar-refractivity contribution in [1.82, 2.24) is 0 Å². The lowest BCUT2D eigenvalue weighted by molar-refractivity contribution is -0.117. The average molecular weight is 286 g/mol. The average Bonchev–Trinajstić information content (AvgIpc) is 3.25. The SMILES string of the molecule is Cc1c(Cl)cccc1NC(=O)[C@@H]1C[C@H]1c1ccccc1. The number of benzene rings is 2. The fourth-order valence-electron chi connectivity index (χ4n) is 2.52. The summed E-state index contributed by atoms with van der Waals surface area (Å²) in [5.74, 6) is 0.524. The summed E-state index contributed by atoms with van der Waals surface area (Å²) in [6.07, 6.45) is 0.926. The van der Waals surface area contributed by atoms with Crippen LogP contribution in [0.2, 0.25) is 5.02 Å². The molecule has 1 aliphatic rings. The minimum Gasteiger partial charge on any atom is -0.326 e. The summed E-state index contributed by atoms with van der Waals surface area (Å²) in [4.78, 5) is 12.3. The van der Waals surface area contributed by atoms with E-state index in [1.165, 1.54) is 5.56 Å². The van der Waals surface area contributed by atoms with Crippen LogP contribution in [0.4, 0.5) is 5.69 Å². The molecule has 0 heterocycles. The third kappa shape index (κ3) is 2.56. The lowest BCUT2D eigenvalue weighted by Gasteiger charge is -2.09. The molecule has 1 N–H and O–H groups in total. The summed E-state index contributed by atoms with van der Waals surface area (Å²) in [6.45, 7) is 1.92. The van der Waals surface area contributed by atoms with Crippen molar-refractivity contribution < 1.29 is 4.79 Å². The van der Waals surface area contributed by atoms with Gasteiger partial charge in [-0.2, -0.15) is 0 Å². The zero-order valence-electron chi connectivity index (χ0n) is 11.3. The maximum absolute atomic E-state index is 12.3. The van der Waals surface area contributed by atoms with Crippen LogP contribution < -0.4 is 5.32 Å². The van der Waals surface area contributed by atoms with Gasteiger partial charge in [0.2, 0.25) is 5.91 Å². The van der Waals surface area contributed by atoms with Gasteiger partial charge in [-0.25, -0.2) is 0 Å². The van der Waals surface area contributed by atoms with E-state index in [9.17, 15) is 4.79 Å². The number of carbonyl (C=O) groups is 1. The fourth-order valence-corrected chi connectivity index (χ4v) is 2.70.